The van der Waals surface area contributed by atoms with Crippen LogP contribution >= 0.6 is 11.8 Å². The van der Waals surface area contributed by atoms with E-state index in [0.29, 0.717) is 19.8 Å². The van der Waals surface area contributed by atoms with Crippen molar-refractivity contribution >= 4 is 23.6 Å². The van der Waals surface area contributed by atoms with Gasteiger partial charge in [0.1, 0.15) is 19.5 Å². The predicted molar refractivity (Wildman–Crippen MR) is 81.1 cm³/mol. The highest BCUT2D eigenvalue weighted by Gasteiger charge is 2.17. The molecule has 0 radical (unpaired) electrons. The van der Waals surface area contributed by atoms with Gasteiger partial charge in [-0.25, -0.2) is 4.79 Å². The molecule has 0 bridgehead atoms. The van der Waals surface area contributed by atoms with Crippen LogP contribution in [-0.4, -0.2) is 44.0 Å². The Hall–Kier alpha value is -2.15. The lowest BCUT2D eigenvalue weighted by atomic mass is 10.4. The molecule has 1 aromatic rings. The van der Waals surface area contributed by atoms with Crippen LogP contribution in [0.15, 0.2) is 47.2 Å². The van der Waals surface area contributed by atoms with E-state index in [-0.39, 0.29) is 18.3 Å². The first-order valence-electron chi connectivity index (χ1n) is 6.82. The van der Waals surface area contributed by atoms with Crippen LogP contribution in [0.5, 0.6) is 0 Å². The van der Waals surface area contributed by atoms with E-state index in [9.17, 15) is 9.59 Å². The Balaban J connectivity index is 1.58. The molecule has 118 valence electrons. The molecule has 0 aromatic heterocycles. The molecule has 1 aliphatic rings. The fourth-order valence-corrected chi connectivity index (χ4v) is 2.39. The Morgan fingerprint density at radius 3 is 2.77 bits per heavy atom. The molecule has 0 fully saturated rings. The molecule has 1 amide bonds. The molecule has 0 aliphatic carbocycles. The van der Waals surface area contributed by atoms with Gasteiger partial charge in [0.15, 0.2) is 6.61 Å². The maximum absolute atomic E-state index is 11.6. The molecule has 1 heterocycles. The number of hydrogen-bond donors (Lipinski definition) is 1. The Morgan fingerprint density at radius 1 is 1.23 bits per heavy atom. The van der Waals surface area contributed by atoms with Gasteiger partial charge in [0.2, 0.25) is 5.76 Å². The van der Waals surface area contributed by atoms with E-state index in [2.05, 4.69) is 5.32 Å². The van der Waals surface area contributed by atoms with Crippen molar-refractivity contribution in [3.05, 3.63) is 42.4 Å². The predicted octanol–water partition coefficient (Wildman–Crippen LogP) is 1.33. The third-order valence-corrected chi connectivity index (χ3v) is 3.63. The summed E-state index contributed by atoms with van der Waals surface area (Å²) < 4.78 is 14.8. The van der Waals surface area contributed by atoms with Crippen LogP contribution in [-0.2, 0) is 23.8 Å². The number of rotatable bonds is 7. The van der Waals surface area contributed by atoms with E-state index >= 15 is 0 Å². The summed E-state index contributed by atoms with van der Waals surface area (Å²) in [5.41, 5.74) is 0. The van der Waals surface area contributed by atoms with Crippen molar-refractivity contribution in [2.45, 2.75) is 4.90 Å². The lowest BCUT2D eigenvalue weighted by molar-refractivity contribution is -0.149. The lowest BCUT2D eigenvalue weighted by Gasteiger charge is -2.14. The number of amides is 1. The first-order valence-corrected chi connectivity index (χ1v) is 7.80. The van der Waals surface area contributed by atoms with Crippen LogP contribution in [0.3, 0.4) is 0 Å². The number of hydrogen-bond acceptors (Lipinski definition) is 6. The molecule has 1 aromatic carbocycles. The molecular weight excluding hydrogens is 306 g/mol. The molecule has 22 heavy (non-hydrogen) atoms. The van der Waals surface area contributed by atoms with Gasteiger partial charge in [-0.15, -0.1) is 11.8 Å². The SMILES string of the molecule is O=C(COC(=O)C1=COCCO1)NCCSc1ccccc1. The molecule has 0 spiro atoms. The summed E-state index contributed by atoms with van der Waals surface area (Å²) in [5.74, 6) is -0.322. The van der Waals surface area contributed by atoms with Gasteiger partial charge in [0.25, 0.3) is 5.91 Å². The van der Waals surface area contributed by atoms with Gasteiger partial charge in [0, 0.05) is 17.2 Å². The number of thioether (sulfide) groups is 1. The van der Waals surface area contributed by atoms with Crippen molar-refractivity contribution in [3.8, 4) is 0 Å². The van der Waals surface area contributed by atoms with E-state index in [4.69, 9.17) is 14.2 Å². The molecule has 1 aliphatic heterocycles. The van der Waals surface area contributed by atoms with Crippen LogP contribution in [0, 0.1) is 0 Å². The minimum absolute atomic E-state index is 0.0151. The summed E-state index contributed by atoms with van der Waals surface area (Å²) in [6.07, 6.45) is 1.19. The fraction of sp³-hybridized carbons (Fsp3) is 0.333. The summed E-state index contributed by atoms with van der Waals surface area (Å²) >= 11 is 1.64. The highest BCUT2D eigenvalue weighted by atomic mass is 32.2. The number of nitrogens with one attached hydrogen (secondary N) is 1. The van der Waals surface area contributed by atoms with E-state index in [1.807, 2.05) is 30.3 Å². The molecule has 7 heteroatoms. The normalized spacial score (nSPS) is 13.4. The fourth-order valence-electron chi connectivity index (χ4n) is 1.60. The molecule has 2 rings (SSSR count). The summed E-state index contributed by atoms with van der Waals surface area (Å²) in [7, 11) is 0. The van der Waals surface area contributed by atoms with Crippen molar-refractivity contribution in [2.75, 3.05) is 32.1 Å². The van der Waals surface area contributed by atoms with Gasteiger partial charge in [-0.1, -0.05) is 18.2 Å². The second-order valence-corrected chi connectivity index (χ2v) is 5.46. The lowest BCUT2D eigenvalue weighted by Crippen LogP contribution is -2.31. The van der Waals surface area contributed by atoms with Gasteiger partial charge in [-0.2, -0.15) is 0 Å². The second-order valence-electron chi connectivity index (χ2n) is 4.29. The van der Waals surface area contributed by atoms with Crippen LogP contribution < -0.4 is 5.32 Å². The third kappa shape index (κ3) is 5.69. The average molecular weight is 323 g/mol. The van der Waals surface area contributed by atoms with Crippen molar-refractivity contribution in [1.82, 2.24) is 5.32 Å². The Bertz CT molecular complexity index is 532. The number of carbonyl (C=O) groups is 2. The smallest absolute Gasteiger partial charge is 0.377 e. The molecule has 0 saturated heterocycles. The third-order valence-electron chi connectivity index (χ3n) is 2.62. The van der Waals surface area contributed by atoms with E-state index < -0.39 is 5.97 Å². The monoisotopic (exact) mass is 323 g/mol. The van der Waals surface area contributed by atoms with Crippen molar-refractivity contribution in [1.29, 1.82) is 0 Å². The summed E-state index contributed by atoms with van der Waals surface area (Å²) in [6, 6.07) is 9.90. The minimum atomic E-state index is -0.700. The van der Waals surface area contributed by atoms with Gasteiger partial charge < -0.3 is 19.5 Å². The first kappa shape index (κ1) is 16.2. The highest BCUT2D eigenvalue weighted by Crippen LogP contribution is 2.15. The van der Waals surface area contributed by atoms with E-state index in [0.717, 1.165) is 10.6 Å². The zero-order valence-corrected chi connectivity index (χ0v) is 12.8. The number of carbonyl (C=O) groups excluding carboxylic acids is 2. The van der Waals surface area contributed by atoms with Gasteiger partial charge >= 0.3 is 5.97 Å². The summed E-state index contributed by atoms with van der Waals surface area (Å²) in [4.78, 5) is 24.2. The van der Waals surface area contributed by atoms with E-state index in [1.54, 1.807) is 11.8 Å². The second kappa shape index (κ2) is 8.99. The van der Waals surface area contributed by atoms with Gasteiger partial charge in [0.05, 0.1) is 0 Å². The molecular formula is C15H17NO5S. The largest absolute Gasteiger partial charge is 0.493 e. The zero-order valence-electron chi connectivity index (χ0n) is 11.9. The van der Waals surface area contributed by atoms with Crippen LogP contribution in [0.2, 0.25) is 0 Å². The van der Waals surface area contributed by atoms with Crippen molar-refractivity contribution in [2.24, 2.45) is 0 Å². The molecule has 0 saturated carbocycles. The Morgan fingerprint density at radius 2 is 2.05 bits per heavy atom. The van der Waals surface area contributed by atoms with Crippen molar-refractivity contribution in [3.63, 3.8) is 0 Å². The number of esters is 1. The minimum Gasteiger partial charge on any atom is -0.493 e. The molecule has 1 N–H and O–H groups in total. The zero-order chi connectivity index (χ0) is 15.6. The summed E-state index contributed by atoms with van der Waals surface area (Å²) in [5, 5.41) is 2.68. The summed E-state index contributed by atoms with van der Waals surface area (Å²) in [6.45, 7) is 0.855. The highest BCUT2D eigenvalue weighted by molar-refractivity contribution is 7.99. The maximum atomic E-state index is 11.6. The number of ether oxygens (including phenoxy) is 3. The molecule has 6 nitrogen and oxygen atoms in total. The van der Waals surface area contributed by atoms with Crippen LogP contribution in [0.25, 0.3) is 0 Å². The quantitative estimate of drug-likeness (QED) is 0.463. The van der Waals surface area contributed by atoms with Crippen LogP contribution in [0.4, 0.5) is 0 Å². The van der Waals surface area contributed by atoms with Crippen LogP contribution in [0.1, 0.15) is 0 Å². The maximum Gasteiger partial charge on any atom is 0.377 e. The molecule has 0 unspecified atom stereocenters. The Kier molecular flexibility index (Phi) is 6.63. The average Bonchev–Trinajstić information content (AvgIpc) is 2.58. The molecule has 0 atom stereocenters. The van der Waals surface area contributed by atoms with Crippen molar-refractivity contribution < 1.29 is 23.8 Å². The standard InChI is InChI=1S/C15H17NO5S/c17-14(11-21-15(18)13-10-19-7-8-20-13)16-6-9-22-12-4-2-1-3-5-12/h1-5,10H,6-9,11H2,(H,16,17). The Labute approximate surface area is 132 Å². The topological polar surface area (TPSA) is 73.9 Å². The van der Waals surface area contributed by atoms with Gasteiger partial charge in [-0.05, 0) is 12.1 Å². The van der Waals surface area contributed by atoms with Gasteiger partial charge in [-0.3, -0.25) is 4.79 Å². The van der Waals surface area contributed by atoms with E-state index in [1.165, 1.54) is 6.26 Å². The first-order chi connectivity index (χ1) is 10.8. The number of benzene rings is 1.